The zero-order valence-corrected chi connectivity index (χ0v) is 26.3. The van der Waals surface area contributed by atoms with Crippen molar-refractivity contribution in [3.05, 3.63) is 188 Å². The quantitative estimate of drug-likeness (QED) is 0.185. The molecule has 1 aromatic heterocycles. The Labute approximate surface area is 279 Å². The maximum Gasteiger partial charge on any atom is 0.159 e. The van der Waals surface area contributed by atoms with Crippen LogP contribution in [0.5, 0.6) is 0 Å². The number of para-hydroxylation sites is 1. The molecular formula is C46H31NO. The van der Waals surface area contributed by atoms with Gasteiger partial charge in [-0.2, -0.15) is 0 Å². The third kappa shape index (κ3) is 5.01. The van der Waals surface area contributed by atoms with Gasteiger partial charge in [0.1, 0.15) is 5.58 Å². The molecule has 2 heteroatoms. The van der Waals surface area contributed by atoms with Crippen molar-refractivity contribution in [2.45, 2.75) is 0 Å². The predicted molar refractivity (Wildman–Crippen MR) is 202 cm³/mol. The zero-order valence-electron chi connectivity index (χ0n) is 26.3. The van der Waals surface area contributed by atoms with E-state index < -0.39 is 0 Å². The Morgan fingerprint density at radius 2 is 0.854 bits per heavy atom. The molecule has 1 heterocycles. The normalized spacial score (nSPS) is 11.3. The number of anilines is 3. The van der Waals surface area contributed by atoms with Crippen molar-refractivity contribution in [2.75, 3.05) is 4.90 Å². The Bertz CT molecular complexity index is 2450. The highest BCUT2D eigenvalue weighted by atomic mass is 16.3. The highest BCUT2D eigenvalue weighted by molar-refractivity contribution is 6.12. The standard InChI is InChI=1S/C46H31NO/c1-3-11-32(12-4-1)35-21-25-40(26-22-35)47(41-27-23-36(24-28-41)33-13-5-2-6-14-33)44-31-39(38-20-19-34-15-7-8-16-37(34)29-38)30-43-42-17-9-10-18-45(42)48-46(43)44/h1-31H. The summed E-state index contributed by atoms with van der Waals surface area (Å²) in [5.74, 6) is 0. The topological polar surface area (TPSA) is 16.4 Å². The van der Waals surface area contributed by atoms with Gasteiger partial charge in [0, 0.05) is 22.1 Å². The first kappa shape index (κ1) is 27.9. The molecule has 0 unspecified atom stereocenters. The minimum Gasteiger partial charge on any atom is -0.454 e. The Kier molecular flexibility index (Phi) is 6.84. The van der Waals surface area contributed by atoms with E-state index in [2.05, 4.69) is 187 Å². The molecule has 0 fully saturated rings. The minimum atomic E-state index is 0.861. The summed E-state index contributed by atoms with van der Waals surface area (Å²) in [4.78, 5) is 2.33. The lowest BCUT2D eigenvalue weighted by Crippen LogP contribution is -2.10. The van der Waals surface area contributed by atoms with Crippen LogP contribution < -0.4 is 4.90 Å². The molecule has 226 valence electrons. The van der Waals surface area contributed by atoms with E-state index in [0.717, 1.165) is 44.6 Å². The van der Waals surface area contributed by atoms with Crippen LogP contribution in [-0.2, 0) is 0 Å². The number of fused-ring (bicyclic) bond motifs is 4. The van der Waals surface area contributed by atoms with E-state index in [9.17, 15) is 0 Å². The second kappa shape index (κ2) is 11.8. The SMILES string of the molecule is c1ccc(-c2ccc(N(c3ccc(-c4ccccc4)cc3)c3cc(-c4ccc5ccccc5c4)cc4c3oc3ccccc34)cc2)cc1. The molecule has 9 aromatic rings. The van der Waals surface area contributed by atoms with Crippen LogP contribution in [0.25, 0.3) is 66.1 Å². The number of nitrogens with zero attached hydrogens (tertiary/aromatic N) is 1. The molecule has 0 aliphatic carbocycles. The van der Waals surface area contributed by atoms with Gasteiger partial charge in [0.2, 0.25) is 0 Å². The van der Waals surface area contributed by atoms with Crippen molar-refractivity contribution in [2.24, 2.45) is 0 Å². The van der Waals surface area contributed by atoms with Crippen LogP contribution in [0.1, 0.15) is 0 Å². The van der Waals surface area contributed by atoms with Crippen molar-refractivity contribution in [1.29, 1.82) is 0 Å². The van der Waals surface area contributed by atoms with Crippen molar-refractivity contribution in [3.8, 4) is 33.4 Å². The number of benzene rings is 8. The Morgan fingerprint density at radius 3 is 1.50 bits per heavy atom. The van der Waals surface area contributed by atoms with Crippen LogP contribution in [0.15, 0.2) is 192 Å². The van der Waals surface area contributed by atoms with E-state index in [0.29, 0.717) is 0 Å². The smallest absolute Gasteiger partial charge is 0.159 e. The largest absolute Gasteiger partial charge is 0.454 e. The fraction of sp³-hybridized carbons (Fsp3) is 0. The summed E-state index contributed by atoms with van der Waals surface area (Å²) >= 11 is 0. The van der Waals surface area contributed by atoms with Gasteiger partial charge in [-0.25, -0.2) is 0 Å². The monoisotopic (exact) mass is 613 g/mol. The molecule has 0 aliphatic heterocycles. The molecule has 9 rings (SSSR count). The molecule has 0 saturated carbocycles. The summed E-state index contributed by atoms with van der Waals surface area (Å²) in [6, 6.07) is 66.9. The first-order chi connectivity index (χ1) is 23.8. The Balaban J connectivity index is 1.27. The molecule has 0 bridgehead atoms. The summed E-state index contributed by atoms with van der Waals surface area (Å²) in [6.07, 6.45) is 0. The van der Waals surface area contributed by atoms with E-state index in [4.69, 9.17) is 4.42 Å². The fourth-order valence-corrected chi connectivity index (χ4v) is 6.80. The molecule has 0 saturated heterocycles. The molecule has 8 aromatic carbocycles. The van der Waals surface area contributed by atoms with Gasteiger partial charge in [-0.05, 0) is 92.7 Å². The van der Waals surface area contributed by atoms with Gasteiger partial charge in [0.05, 0.1) is 5.69 Å². The lowest BCUT2D eigenvalue weighted by molar-refractivity contribution is 0.669. The van der Waals surface area contributed by atoms with E-state index >= 15 is 0 Å². The van der Waals surface area contributed by atoms with Gasteiger partial charge in [-0.3, -0.25) is 0 Å². The van der Waals surface area contributed by atoms with Gasteiger partial charge in [-0.15, -0.1) is 0 Å². The maximum atomic E-state index is 6.71. The predicted octanol–water partition coefficient (Wildman–Crippen LogP) is 13.2. The molecule has 0 radical (unpaired) electrons. The number of hydrogen-bond acceptors (Lipinski definition) is 2. The summed E-state index contributed by atoms with van der Waals surface area (Å²) < 4.78 is 6.71. The van der Waals surface area contributed by atoms with Gasteiger partial charge in [0.15, 0.2) is 5.58 Å². The number of rotatable bonds is 6. The summed E-state index contributed by atoms with van der Waals surface area (Å²) in [5, 5.41) is 4.65. The molecular weight excluding hydrogens is 583 g/mol. The van der Waals surface area contributed by atoms with Crippen LogP contribution in [0.2, 0.25) is 0 Å². The Morgan fingerprint density at radius 1 is 0.333 bits per heavy atom. The highest BCUT2D eigenvalue weighted by Crippen LogP contribution is 2.45. The molecule has 48 heavy (non-hydrogen) atoms. The molecule has 0 spiro atoms. The van der Waals surface area contributed by atoms with Crippen LogP contribution >= 0.6 is 0 Å². The van der Waals surface area contributed by atoms with Crippen molar-refractivity contribution < 1.29 is 4.42 Å². The average molecular weight is 614 g/mol. The van der Waals surface area contributed by atoms with Gasteiger partial charge >= 0.3 is 0 Å². The van der Waals surface area contributed by atoms with E-state index in [1.807, 2.05) is 6.07 Å². The van der Waals surface area contributed by atoms with Gasteiger partial charge in [0.25, 0.3) is 0 Å². The lowest BCUT2D eigenvalue weighted by Gasteiger charge is -2.26. The first-order valence-corrected chi connectivity index (χ1v) is 16.3. The van der Waals surface area contributed by atoms with Crippen LogP contribution in [0.3, 0.4) is 0 Å². The molecule has 0 amide bonds. The number of furan rings is 1. The second-order valence-electron chi connectivity index (χ2n) is 12.2. The van der Waals surface area contributed by atoms with Crippen LogP contribution in [0.4, 0.5) is 17.1 Å². The third-order valence-electron chi connectivity index (χ3n) is 9.25. The van der Waals surface area contributed by atoms with Crippen LogP contribution in [-0.4, -0.2) is 0 Å². The first-order valence-electron chi connectivity index (χ1n) is 16.3. The zero-order chi connectivity index (χ0) is 31.9. The van der Waals surface area contributed by atoms with E-state index in [1.54, 1.807) is 0 Å². The number of hydrogen-bond donors (Lipinski definition) is 0. The van der Waals surface area contributed by atoms with E-state index in [1.165, 1.54) is 38.6 Å². The summed E-state index contributed by atoms with van der Waals surface area (Å²) in [6.45, 7) is 0. The van der Waals surface area contributed by atoms with E-state index in [-0.39, 0.29) is 0 Å². The minimum absolute atomic E-state index is 0.861. The van der Waals surface area contributed by atoms with Crippen molar-refractivity contribution in [3.63, 3.8) is 0 Å². The van der Waals surface area contributed by atoms with Gasteiger partial charge in [-0.1, -0.05) is 140 Å². The third-order valence-corrected chi connectivity index (χ3v) is 9.25. The van der Waals surface area contributed by atoms with Crippen LogP contribution in [0, 0.1) is 0 Å². The fourth-order valence-electron chi connectivity index (χ4n) is 6.80. The second-order valence-corrected chi connectivity index (χ2v) is 12.2. The van der Waals surface area contributed by atoms with Gasteiger partial charge < -0.3 is 9.32 Å². The molecule has 0 N–H and O–H groups in total. The maximum absolute atomic E-state index is 6.71. The summed E-state index contributed by atoms with van der Waals surface area (Å²) in [7, 11) is 0. The lowest BCUT2D eigenvalue weighted by atomic mass is 9.98. The summed E-state index contributed by atoms with van der Waals surface area (Å²) in [5.41, 5.74) is 11.9. The average Bonchev–Trinajstić information content (AvgIpc) is 3.55. The highest BCUT2D eigenvalue weighted by Gasteiger charge is 2.21. The molecule has 0 atom stereocenters. The van der Waals surface area contributed by atoms with Crippen molar-refractivity contribution in [1.82, 2.24) is 0 Å². The molecule has 2 nitrogen and oxygen atoms in total. The Hall–Kier alpha value is -6.38. The molecule has 0 aliphatic rings. The van der Waals surface area contributed by atoms with Crippen molar-refractivity contribution >= 4 is 49.8 Å².